The minimum atomic E-state index is -1.23. The van der Waals surface area contributed by atoms with Gasteiger partial charge in [-0.2, -0.15) is 5.10 Å². The molecule has 1 aliphatic rings. The van der Waals surface area contributed by atoms with Crippen LogP contribution in [0, 0.1) is 0 Å². The predicted octanol–water partition coefficient (Wildman–Crippen LogP) is 3.75. The Balaban J connectivity index is 0.000000454. The number of benzene rings is 2. The number of likely N-dealkylation sites (tertiary alicyclic amines) is 1. The Morgan fingerprint density at radius 3 is 2.39 bits per heavy atom. The van der Waals surface area contributed by atoms with Gasteiger partial charge in [-0.25, -0.2) is 9.48 Å². The number of hydrogen-bond acceptors (Lipinski definition) is 5. The highest BCUT2D eigenvalue weighted by molar-refractivity contribution is 6.30. The first kappa shape index (κ1) is 24.9. The number of halogens is 1. The summed E-state index contributed by atoms with van der Waals surface area (Å²) in [4.78, 5) is 24.9. The Morgan fingerprint density at radius 1 is 1.12 bits per heavy atom. The number of carboxylic acids is 1. The van der Waals surface area contributed by atoms with Crippen LogP contribution in [-0.4, -0.2) is 57.1 Å². The van der Waals surface area contributed by atoms with E-state index < -0.39 is 12.1 Å². The van der Waals surface area contributed by atoms with Crippen LogP contribution in [0.15, 0.2) is 53.3 Å². The van der Waals surface area contributed by atoms with Crippen molar-refractivity contribution in [3.63, 3.8) is 0 Å². The first-order valence-corrected chi connectivity index (χ1v) is 11.5. The van der Waals surface area contributed by atoms with Gasteiger partial charge >= 0.3 is 5.97 Å². The molecule has 0 saturated carbocycles. The summed E-state index contributed by atoms with van der Waals surface area (Å²) in [5.74, 6) is -1.19. The molecule has 2 heterocycles. The number of hydrogen-bond donors (Lipinski definition) is 2. The van der Waals surface area contributed by atoms with E-state index in [4.69, 9.17) is 26.9 Å². The minimum Gasteiger partial charge on any atom is -0.479 e. The fourth-order valence-electron chi connectivity index (χ4n) is 3.91. The highest BCUT2D eigenvalue weighted by atomic mass is 35.5. The highest BCUT2D eigenvalue weighted by Crippen LogP contribution is 2.23. The number of aliphatic hydroxyl groups is 1. The Hall–Kier alpha value is -2.74. The van der Waals surface area contributed by atoms with Crippen LogP contribution in [0.4, 0.5) is 0 Å². The van der Waals surface area contributed by atoms with Crippen molar-refractivity contribution >= 4 is 28.3 Å². The molecule has 1 aromatic heterocycles. The van der Waals surface area contributed by atoms with Crippen molar-refractivity contribution in [1.82, 2.24) is 14.7 Å². The fourth-order valence-corrected chi connectivity index (χ4v) is 4.04. The van der Waals surface area contributed by atoms with Crippen LogP contribution >= 0.6 is 11.6 Å². The van der Waals surface area contributed by atoms with E-state index in [0.29, 0.717) is 6.42 Å². The van der Waals surface area contributed by atoms with E-state index in [9.17, 15) is 9.59 Å². The van der Waals surface area contributed by atoms with Crippen LogP contribution in [0.3, 0.4) is 0 Å². The molecule has 1 saturated heterocycles. The van der Waals surface area contributed by atoms with Crippen molar-refractivity contribution in [3.05, 3.63) is 75.2 Å². The molecule has 33 heavy (non-hydrogen) atoms. The van der Waals surface area contributed by atoms with Crippen molar-refractivity contribution in [3.8, 4) is 0 Å². The van der Waals surface area contributed by atoms with Crippen molar-refractivity contribution in [2.24, 2.45) is 0 Å². The molecule has 7 nitrogen and oxygen atoms in total. The highest BCUT2D eigenvalue weighted by Gasteiger charge is 2.21. The number of nitrogens with zero attached hydrogens (tertiary/aromatic N) is 3. The Bertz CT molecular complexity index is 1140. The molecule has 2 aromatic carbocycles. The van der Waals surface area contributed by atoms with Gasteiger partial charge in [-0.15, -0.1) is 0 Å². The Labute approximate surface area is 198 Å². The van der Waals surface area contributed by atoms with E-state index in [1.165, 1.54) is 6.92 Å². The van der Waals surface area contributed by atoms with Gasteiger partial charge in [-0.3, -0.25) is 4.79 Å². The fraction of sp³-hybridized carbons (Fsp3) is 0.400. The minimum absolute atomic E-state index is 0.0278. The molecule has 0 spiro atoms. The van der Waals surface area contributed by atoms with Crippen molar-refractivity contribution in [1.29, 1.82) is 0 Å². The zero-order valence-electron chi connectivity index (χ0n) is 18.9. The van der Waals surface area contributed by atoms with Gasteiger partial charge in [0.15, 0.2) is 0 Å². The zero-order valence-corrected chi connectivity index (χ0v) is 19.7. The lowest BCUT2D eigenvalue weighted by atomic mass is 10.0. The van der Waals surface area contributed by atoms with Crippen molar-refractivity contribution in [2.75, 3.05) is 20.1 Å². The van der Waals surface area contributed by atoms with Crippen LogP contribution in [-0.2, 0) is 11.2 Å². The standard InChI is InChI=1S/C22H24ClN3O.C3H6O3/c1-25-13-4-5-18(12-14-25)26-22(27)20-7-3-2-6-19(20)21(24-26)15-16-8-10-17(23)11-9-16;1-2(4)3(5)6/h2-3,6-11,18H,4-5,12-15H2,1H3;2,4H,1H3,(H,5,6). The van der Waals surface area contributed by atoms with Gasteiger partial charge in [0, 0.05) is 16.8 Å². The molecule has 2 unspecified atom stereocenters. The number of carbonyl (C=O) groups is 1. The second kappa shape index (κ2) is 11.4. The van der Waals surface area contributed by atoms with E-state index in [1.807, 2.05) is 48.5 Å². The van der Waals surface area contributed by atoms with Crippen LogP contribution in [0.25, 0.3) is 10.8 Å². The Morgan fingerprint density at radius 2 is 1.76 bits per heavy atom. The summed E-state index contributed by atoms with van der Waals surface area (Å²) in [7, 11) is 2.14. The van der Waals surface area contributed by atoms with Crippen molar-refractivity contribution < 1.29 is 15.0 Å². The van der Waals surface area contributed by atoms with Gasteiger partial charge in [0.25, 0.3) is 5.56 Å². The molecule has 176 valence electrons. The third-order valence-corrected chi connectivity index (χ3v) is 6.07. The van der Waals surface area contributed by atoms with Crippen molar-refractivity contribution in [2.45, 2.75) is 44.8 Å². The molecular formula is C25H30ClN3O4. The number of aliphatic carboxylic acids is 1. The maximum atomic E-state index is 13.1. The lowest BCUT2D eigenvalue weighted by Crippen LogP contribution is -2.29. The summed E-state index contributed by atoms with van der Waals surface area (Å²) in [6, 6.07) is 15.8. The smallest absolute Gasteiger partial charge is 0.332 e. The van der Waals surface area contributed by atoms with Crippen LogP contribution in [0.2, 0.25) is 5.02 Å². The summed E-state index contributed by atoms with van der Waals surface area (Å²) in [5.41, 5.74) is 2.12. The molecule has 2 N–H and O–H groups in total. The molecule has 1 aliphatic heterocycles. The average molecular weight is 472 g/mol. The number of fused-ring (bicyclic) bond motifs is 1. The third-order valence-electron chi connectivity index (χ3n) is 5.81. The van der Waals surface area contributed by atoms with Gasteiger partial charge in [0.05, 0.1) is 17.1 Å². The second-order valence-corrected chi connectivity index (χ2v) is 8.88. The van der Waals surface area contributed by atoms with E-state index in [2.05, 4.69) is 11.9 Å². The van der Waals surface area contributed by atoms with E-state index in [-0.39, 0.29) is 11.6 Å². The molecule has 3 aromatic rings. The Kier molecular flexibility index (Phi) is 8.61. The van der Waals surface area contributed by atoms with Crippen LogP contribution < -0.4 is 5.56 Å². The SMILES string of the molecule is CC(O)C(=O)O.CN1CCCC(n2nc(Cc3ccc(Cl)cc3)c3ccccc3c2=O)CC1. The molecule has 1 fully saturated rings. The van der Waals surface area contributed by atoms with E-state index >= 15 is 0 Å². The topological polar surface area (TPSA) is 95.7 Å². The number of aromatic nitrogens is 2. The normalized spacial score (nSPS) is 17.6. The lowest BCUT2D eigenvalue weighted by molar-refractivity contribution is -0.145. The maximum Gasteiger partial charge on any atom is 0.332 e. The number of aliphatic hydroxyl groups excluding tert-OH is 1. The van der Waals surface area contributed by atoms with Crippen LogP contribution in [0.1, 0.15) is 43.5 Å². The van der Waals surface area contributed by atoms with E-state index in [1.54, 1.807) is 4.68 Å². The zero-order chi connectivity index (χ0) is 24.0. The average Bonchev–Trinajstić information content (AvgIpc) is 3.02. The second-order valence-electron chi connectivity index (χ2n) is 8.45. The summed E-state index contributed by atoms with van der Waals surface area (Å²) in [5, 5.41) is 23.1. The molecule has 0 bridgehead atoms. The summed E-state index contributed by atoms with van der Waals surface area (Å²) < 4.78 is 1.76. The van der Waals surface area contributed by atoms with Gasteiger partial charge in [0.1, 0.15) is 6.10 Å². The number of rotatable bonds is 4. The molecule has 4 rings (SSSR count). The summed E-state index contributed by atoms with van der Waals surface area (Å²) >= 11 is 6.02. The van der Waals surface area contributed by atoms with Crippen LogP contribution in [0.5, 0.6) is 0 Å². The largest absolute Gasteiger partial charge is 0.479 e. The van der Waals surface area contributed by atoms with Gasteiger partial charge in [-0.05, 0) is 70.1 Å². The lowest BCUT2D eigenvalue weighted by Gasteiger charge is -2.19. The third kappa shape index (κ3) is 6.63. The molecule has 2 atom stereocenters. The molecule has 0 amide bonds. The summed E-state index contributed by atoms with van der Waals surface area (Å²) in [6.45, 7) is 3.27. The molecule has 0 radical (unpaired) electrons. The monoisotopic (exact) mass is 471 g/mol. The molecule has 0 aliphatic carbocycles. The van der Waals surface area contributed by atoms with Gasteiger partial charge in [0.2, 0.25) is 0 Å². The summed E-state index contributed by atoms with van der Waals surface area (Å²) in [6.07, 6.45) is 2.50. The number of carboxylic acid groups (broad SMARTS) is 1. The first-order valence-electron chi connectivity index (χ1n) is 11.1. The first-order chi connectivity index (χ1) is 15.8. The quantitative estimate of drug-likeness (QED) is 0.601. The maximum absolute atomic E-state index is 13.1. The predicted molar refractivity (Wildman–Crippen MR) is 130 cm³/mol. The molecular weight excluding hydrogens is 442 g/mol. The molecule has 8 heteroatoms. The van der Waals surface area contributed by atoms with E-state index in [0.717, 1.165) is 59.4 Å². The van der Waals surface area contributed by atoms with Gasteiger partial charge < -0.3 is 15.1 Å². The van der Waals surface area contributed by atoms with Gasteiger partial charge in [-0.1, -0.05) is 41.9 Å².